The quantitative estimate of drug-likeness (QED) is 0.134. The van der Waals surface area contributed by atoms with Gasteiger partial charge in [-0.15, -0.1) is 0 Å². The van der Waals surface area contributed by atoms with Gasteiger partial charge < -0.3 is 18.9 Å². The molecule has 1 aliphatic heterocycles. The normalized spacial score (nSPS) is 13.9. The van der Waals surface area contributed by atoms with Crippen molar-refractivity contribution >= 4 is 41.2 Å². The highest BCUT2D eigenvalue weighted by Crippen LogP contribution is 2.32. The standard InChI is InChI=1S/C35H31ClN2O7/c1-3-42-28-14-12-27(13-15-28)38-34(40)29(33(39)37-35(38)41)20-25-19-26(36)11-17-30(25)44-22-24-10-16-31(32(18-24)43-4-2)45-21-23-8-6-5-7-9-23/h5-20H,3-4,21-22H2,1-2H3,(H,37,39,41)/b29-20+. The van der Waals surface area contributed by atoms with Gasteiger partial charge in [0.25, 0.3) is 11.8 Å². The molecule has 0 saturated carbocycles. The molecule has 0 aliphatic carbocycles. The van der Waals surface area contributed by atoms with E-state index in [4.69, 9.17) is 30.5 Å². The average molecular weight is 627 g/mol. The largest absolute Gasteiger partial charge is 0.494 e. The number of carbonyl (C=O) groups is 3. The summed E-state index contributed by atoms with van der Waals surface area (Å²) in [7, 11) is 0. The van der Waals surface area contributed by atoms with Crippen LogP contribution in [0.25, 0.3) is 6.08 Å². The van der Waals surface area contributed by atoms with Gasteiger partial charge in [0.15, 0.2) is 11.5 Å². The van der Waals surface area contributed by atoms with Gasteiger partial charge in [0, 0.05) is 10.6 Å². The van der Waals surface area contributed by atoms with Crippen molar-refractivity contribution < 1.29 is 33.3 Å². The molecule has 4 amide bonds. The van der Waals surface area contributed by atoms with E-state index >= 15 is 0 Å². The number of ether oxygens (including phenoxy) is 4. The van der Waals surface area contributed by atoms with Gasteiger partial charge in [0.05, 0.1) is 18.9 Å². The molecule has 0 aromatic heterocycles. The van der Waals surface area contributed by atoms with E-state index in [1.165, 1.54) is 6.08 Å². The van der Waals surface area contributed by atoms with Crippen LogP contribution < -0.4 is 29.2 Å². The van der Waals surface area contributed by atoms with Crippen LogP contribution in [-0.2, 0) is 22.8 Å². The molecule has 1 aliphatic rings. The molecule has 10 heteroatoms. The molecule has 4 aromatic carbocycles. The molecule has 0 bridgehead atoms. The van der Waals surface area contributed by atoms with Crippen LogP contribution in [0, 0.1) is 0 Å². The number of anilines is 1. The number of urea groups is 1. The maximum absolute atomic E-state index is 13.5. The minimum absolute atomic E-state index is 0.147. The van der Waals surface area contributed by atoms with Crippen LogP contribution >= 0.6 is 11.6 Å². The molecular weight excluding hydrogens is 596 g/mol. The lowest BCUT2D eigenvalue weighted by molar-refractivity contribution is -0.122. The Hall–Kier alpha value is -5.28. The summed E-state index contributed by atoms with van der Waals surface area (Å²) in [6, 6.07) is 25.8. The summed E-state index contributed by atoms with van der Waals surface area (Å²) in [5.41, 5.74) is 2.25. The number of nitrogens with zero attached hydrogens (tertiary/aromatic N) is 1. The average Bonchev–Trinajstić information content (AvgIpc) is 3.03. The molecule has 1 saturated heterocycles. The summed E-state index contributed by atoms with van der Waals surface area (Å²) in [5, 5.41) is 2.60. The van der Waals surface area contributed by atoms with E-state index in [1.54, 1.807) is 42.5 Å². The molecule has 0 unspecified atom stereocenters. The van der Waals surface area contributed by atoms with Crippen molar-refractivity contribution in [2.45, 2.75) is 27.1 Å². The van der Waals surface area contributed by atoms with Crippen molar-refractivity contribution in [3.8, 4) is 23.0 Å². The number of hydrogen-bond acceptors (Lipinski definition) is 7. The summed E-state index contributed by atoms with van der Waals surface area (Å²) >= 11 is 6.28. The van der Waals surface area contributed by atoms with E-state index in [0.29, 0.717) is 53.4 Å². The lowest BCUT2D eigenvalue weighted by Gasteiger charge is -2.26. The smallest absolute Gasteiger partial charge is 0.335 e. The third-order valence-electron chi connectivity index (χ3n) is 6.72. The number of imide groups is 2. The highest BCUT2D eigenvalue weighted by Gasteiger charge is 2.37. The van der Waals surface area contributed by atoms with Crippen molar-refractivity contribution in [3.63, 3.8) is 0 Å². The second-order valence-electron chi connectivity index (χ2n) is 9.84. The van der Waals surface area contributed by atoms with Gasteiger partial charge in [0.2, 0.25) is 0 Å². The van der Waals surface area contributed by atoms with Gasteiger partial charge in [0.1, 0.15) is 30.3 Å². The first-order chi connectivity index (χ1) is 21.9. The second-order valence-corrected chi connectivity index (χ2v) is 10.3. The Labute approximate surface area is 265 Å². The third-order valence-corrected chi connectivity index (χ3v) is 6.95. The fraction of sp³-hybridized carbons (Fsp3) is 0.171. The summed E-state index contributed by atoms with van der Waals surface area (Å²) in [4.78, 5) is 39.8. The fourth-order valence-electron chi connectivity index (χ4n) is 4.60. The van der Waals surface area contributed by atoms with Crippen molar-refractivity contribution in [1.29, 1.82) is 0 Å². The maximum atomic E-state index is 13.5. The van der Waals surface area contributed by atoms with Crippen LogP contribution in [0.2, 0.25) is 5.02 Å². The van der Waals surface area contributed by atoms with Crippen molar-refractivity contribution in [2.24, 2.45) is 0 Å². The molecule has 1 heterocycles. The highest BCUT2D eigenvalue weighted by molar-refractivity contribution is 6.39. The predicted octanol–water partition coefficient (Wildman–Crippen LogP) is 6.96. The number of carbonyl (C=O) groups excluding carboxylic acids is 3. The Bertz CT molecular complexity index is 1720. The SMILES string of the molecule is CCOc1ccc(N2C(=O)NC(=O)/C(=C\c3cc(Cl)ccc3OCc3ccc(OCc4ccccc4)c(OCC)c3)C2=O)cc1. The Morgan fingerprint density at radius 1 is 0.711 bits per heavy atom. The van der Waals surface area contributed by atoms with Crippen LogP contribution in [0.15, 0.2) is 96.6 Å². The van der Waals surface area contributed by atoms with E-state index in [2.05, 4.69) is 5.32 Å². The Morgan fingerprint density at radius 3 is 2.13 bits per heavy atom. The van der Waals surface area contributed by atoms with Crippen molar-refractivity contribution in [3.05, 3.63) is 118 Å². The van der Waals surface area contributed by atoms with Gasteiger partial charge in [-0.2, -0.15) is 0 Å². The lowest BCUT2D eigenvalue weighted by Crippen LogP contribution is -2.54. The van der Waals surface area contributed by atoms with Crippen LogP contribution in [0.3, 0.4) is 0 Å². The first-order valence-corrected chi connectivity index (χ1v) is 14.7. The van der Waals surface area contributed by atoms with Gasteiger partial charge in [-0.25, -0.2) is 9.69 Å². The molecule has 9 nitrogen and oxygen atoms in total. The predicted molar refractivity (Wildman–Crippen MR) is 171 cm³/mol. The fourth-order valence-corrected chi connectivity index (χ4v) is 4.78. The zero-order chi connectivity index (χ0) is 31.8. The van der Waals surface area contributed by atoms with Crippen LogP contribution in [0.5, 0.6) is 23.0 Å². The zero-order valence-corrected chi connectivity index (χ0v) is 25.5. The summed E-state index contributed by atoms with van der Waals surface area (Å²) in [6.45, 7) is 5.21. The van der Waals surface area contributed by atoms with E-state index in [9.17, 15) is 14.4 Å². The van der Waals surface area contributed by atoms with E-state index in [0.717, 1.165) is 16.0 Å². The minimum atomic E-state index is -0.852. The Balaban J connectivity index is 1.36. The van der Waals surface area contributed by atoms with Gasteiger partial charge in [-0.1, -0.05) is 48.0 Å². The van der Waals surface area contributed by atoms with E-state index < -0.39 is 17.8 Å². The van der Waals surface area contributed by atoms with Gasteiger partial charge in [-0.3, -0.25) is 14.9 Å². The number of halogens is 1. The lowest BCUT2D eigenvalue weighted by atomic mass is 10.1. The Morgan fingerprint density at radius 2 is 1.40 bits per heavy atom. The van der Waals surface area contributed by atoms with Crippen molar-refractivity contribution in [1.82, 2.24) is 5.32 Å². The summed E-state index contributed by atoms with van der Waals surface area (Å²) in [6.07, 6.45) is 1.36. The molecular formula is C35H31ClN2O7. The van der Waals surface area contributed by atoms with Gasteiger partial charge >= 0.3 is 6.03 Å². The topological polar surface area (TPSA) is 103 Å². The number of hydrogen-bond donors (Lipinski definition) is 1. The Kier molecular flexibility index (Phi) is 10.0. The maximum Gasteiger partial charge on any atom is 0.335 e. The highest BCUT2D eigenvalue weighted by atomic mass is 35.5. The third kappa shape index (κ3) is 7.63. The van der Waals surface area contributed by atoms with Crippen molar-refractivity contribution in [2.75, 3.05) is 18.1 Å². The molecule has 1 fully saturated rings. The number of rotatable bonds is 12. The molecule has 0 radical (unpaired) electrons. The molecule has 5 rings (SSSR count). The van der Waals surface area contributed by atoms with Crippen LogP contribution in [-0.4, -0.2) is 31.1 Å². The summed E-state index contributed by atoms with van der Waals surface area (Å²) < 4.78 is 23.4. The second kappa shape index (κ2) is 14.5. The van der Waals surface area contributed by atoms with E-state index in [1.807, 2.05) is 62.4 Å². The number of benzene rings is 4. The van der Waals surface area contributed by atoms with Crippen LogP contribution in [0.1, 0.15) is 30.5 Å². The minimum Gasteiger partial charge on any atom is -0.494 e. The monoisotopic (exact) mass is 626 g/mol. The molecule has 45 heavy (non-hydrogen) atoms. The molecule has 0 spiro atoms. The van der Waals surface area contributed by atoms with E-state index in [-0.39, 0.29) is 17.9 Å². The zero-order valence-electron chi connectivity index (χ0n) is 24.7. The number of amides is 4. The molecule has 1 N–H and O–H groups in total. The molecule has 4 aromatic rings. The molecule has 0 atom stereocenters. The number of nitrogens with one attached hydrogen (secondary N) is 1. The first kappa shape index (κ1) is 31.2. The molecule has 230 valence electrons. The first-order valence-electron chi connectivity index (χ1n) is 14.4. The number of barbiturate groups is 1. The summed E-state index contributed by atoms with van der Waals surface area (Å²) in [5.74, 6) is 0.531. The van der Waals surface area contributed by atoms with Crippen LogP contribution in [0.4, 0.5) is 10.5 Å². The van der Waals surface area contributed by atoms with Gasteiger partial charge in [-0.05, 0) is 85.6 Å².